The molecule has 12 heteroatoms. The van der Waals surface area contributed by atoms with Crippen LogP contribution in [0.1, 0.15) is 17.2 Å². The highest BCUT2D eigenvalue weighted by Gasteiger charge is 2.54. The minimum Gasteiger partial charge on any atom is -0.475 e. The molecule has 1 aliphatic heterocycles. The van der Waals surface area contributed by atoms with Crippen LogP contribution >= 0.6 is 0 Å². The lowest BCUT2D eigenvalue weighted by Gasteiger charge is -2.10. The number of hydrogen-bond donors (Lipinski definition) is 2. The topological polar surface area (TPSA) is 67.2 Å². The number of halogens is 7. The van der Waals surface area contributed by atoms with Gasteiger partial charge in [-0.2, -0.15) is 31.4 Å². The summed E-state index contributed by atoms with van der Waals surface area (Å²) in [6.45, 7) is 1.94. The van der Waals surface area contributed by atoms with E-state index in [4.69, 9.17) is 9.90 Å². The van der Waals surface area contributed by atoms with Gasteiger partial charge in [0.25, 0.3) is 0 Å². The number of nitrogens with zero attached hydrogens (tertiary/aromatic N) is 2. The summed E-state index contributed by atoms with van der Waals surface area (Å²) in [7, 11) is 0. The van der Waals surface area contributed by atoms with Crippen molar-refractivity contribution in [2.24, 2.45) is 11.8 Å². The van der Waals surface area contributed by atoms with Crippen molar-refractivity contribution in [1.29, 1.82) is 0 Å². The fourth-order valence-electron chi connectivity index (χ4n) is 3.39. The van der Waals surface area contributed by atoms with E-state index in [2.05, 4.69) is 10.4 Å². The zero-order chi connectivity index (χ0) is 21.6. The SMILES string of the molecule is Fc1ccc(-n2ccc(C3[C@H]4CNC[C@@H]34)n2)cc1C(F)(F)F.O=C(O)C(F)(F)F. The number of carbonyl (C=O) groups is 1. The van der Waals surface area contributed by atoms with E-state index < -0.39 is 29.7 Å². The number of benzene rings is 1. The van der Waals surface area contributed by atoms with Crippen LogP contribution in [0.4, 0.5) is 30.7 Å². The fraction of sp³-hybridized carbons (Fsp3) is 0.412. The largest absolute Gasteiger partial charge is 0.490 e. The molecule has 1 saturated carbocycles. The number of fused-ring (bicyclic) bond motifs is 1. The van der Waals surface area contributed by atoms with Crippen LogP contribution in [0.3, 0.4) is 0 Å². The Labute approximate surface area is 159 Å². The lowest BCUT2D eigenvalue weighted by molar-refractivity contribution is -0.192. The molecule has 1 saturated heterocycles. The highest BCUT2D eigenvalue weighted by molar-refractivity contribution is 5.73. The number of piperidine rings is 1. The number of carboxylic acids is 1. The van der Waals surface area contributed by atoms with Gasteiger partial charge in [0.2, 0.25) is 0 Å². The molecule has 2 aromatic rings. The van der Waals surface area contributed by atoms with Gasteiger partial charge in [0.15, 0.2) is 0 Å². The van der Waals surface area contributed by atoms with Crippen LogP contribution in [0, 0.1) is 17.7 Å². The molecule has 1 aromatic heterocycles. The van der Waals surface area contributed by atoms with E-state index in [0.29, 0.717) is 17.8 Å². The molecular weight excluding hydrogens is 411 g/mol. The van der Waals surface area contributed by atoms with Gasteiger partial charge in [-0.15, -0.1) is 0 Å². The van der Waals surface area contributed by atoms with Gasteiger partial charge < -0.3 is 10.4 Å². The van der Waals surface area contributed by atoms with Crippen molar-refractivity contribution in [3.05, 3.63) is 47.5 Å². The number of hydrogen-bond acceptors (Lipinski definition) is 3. The predicted molar refractivity (Wildman–Crippen MR) is 84.8 cm³/mol. The van der Waals surface area contributed by atoms with Gasteiger partial charge in [0.05, 0.1) is 16.9 Å². The summed E-state index contributed by atoms with van der Waals surface area (Å²) >= 11 is 0. The van der Waals surface area contributed by atoms with E-state index in [9.17, 15) is 30.7 Å². The molecule has 2 N–H and O–H groups in total. The van der Waals surface area contributed by atoms with Crippen LogP contribution in [0.25, 0.3) is 5.69 Å². The molecule has 2 fully saturated rings. The Morgan fingerprint density at radius 2 is 1.69 bits per heavy atom. The molecule has 0 radical (unpaired) electrons. The van der Waals surface area contributed by atoms with Crippen LogP contribution < -0.4 is 5.32 Å². The highest BCUT2D eigenvalue weighted by Crippen LogP contribution is 2.55. The molecule has 0 amide bonds. The second-order valence-corrected chi connectivity index (χ2v) is 6.66. The molecule has 3 atom stereocenters. The Balaban J connectivity index is 0.000000298. The molecule has 2 heterocycles. The van der Waals surface area contributed by atoms with Gasteiger partial charge in [-0.3, -0.25) is 0 Å². The lowest BCUT2D eigenvalue weighted by Crippen LogP contribution is -2.21. The summed E-state index contributed by atoms with van der Waals surface area (Å²) in [4.78, 5) is 8.90. The third-order valence-electron chi connectivity index (χ3n) is 4.81. The van der Waals surface area contributed by atoms with E-state index in [0.717, 1.165) is 30.9 Å². The summed E-state index contributed by atoms with van der Waals surface area (Å²) in [6.07, 6.45) is -8.17. The molecule has 2 aliphatic rings. The average Bonchev–Trinajstić information content (AvgIpc) is 3.00. The zero-order valence-electron chi connectivity index (χ0n) is 14.4. The van der Waals surface area contributed by atoms with Crippen molar-refractivity contribution in [1.82, 2.24) is 15.1 Å². The maximum Gasteiger partial charge on any atom is 0.490 e. The molecule has 1 aliphatic carbocycles. The van der Waals surface area contributed by atoms with Gasteiger partial charge in [-0.25, -0.2) is 13.9 Å². The lowest BCUT2D eigenvalue weighted by atomic mass is 10.2. The Hall–Kier alpha value is -2.63. The van der Waals surface area contributed by atoms with Gasteiger partial charge in [0.1, 0.15) is 5.82 Å². The van der Waals surface area contributed by atoms with Crippen molar-refractivity contribution in [3.63, 3.8) is 0 Å². The maximum atomic E-state index is 13.3. The van der Waals surface area contributed by atoms with Crippen LogP contribution in [0.15, 0.2) is 30.5 Å². The minimum absolute atomic E-state index is 0.212. The third-order valence-corrected chi connectivity index (χ3v) is 4.81. The van der Waals surface area contributed by atoms with Crippen LogP contribution in [0.2, 0.25) is 0 Å². The number of nitrogens with one attached hydrogen (secondary N) is 1. The molecular formula is C17H14F7N3O2. The van der Waals surface area contributed by atoms with Crippen LogP contribution in [-0.4, -0.2) is 40.1 Å². The van der Waals surface area contributed by atoms with Gasteiger partial charge >= 0.3 is 18.3 Å². The van der Waals surface area contributed by atoms with Crippen molar-refractivity contribution in [3.8, 4) is 5.69 Å². The number of carboxylic acid groups (broad SMARTS) is 1. The van der Waals surface area contributed by atoms with E-state index in [1.807, 2.05) is 6.07 Å². The summed E-state index contributed by atoms with van der Waals surface area (Å²) in [5.41, 5.74) is -0.159. The minimum atomic E-state index is -5.08. The van der Waals surface area contributed by atoms with Crippen LogP contribution in [0.5, 0.6) is 0 Å². The molecule has 158 valence electrons. The highest BCUT2D eigenvalue weighted by atomic mass is 19.4. The summed E-state index contributed by atoms with van der Waals surface area (Å²) in [5, 5.41) is 14.8. The molecule has 5 nitrogen and oxygen atoms in total. The Morgan fingerprint density at radius 3 is 2.21 bits per heavy atom. The fourth-order valence-corrected chi connectivity index (χ4v) is 3.39. The quantitative estimate of drug-likeness (QED) is 0.722. The summed E-state index contributed by atoms with van der Waals surface area (Å²) in [6, 6.07) is 4.76. The monoisotopic (exact) mass is 425 g/mol. The van der Waals surface area contributed by atoms with Gasteiger partial charge in [0, 0.05) is 12.1 Å². The third kappa shape index (κ3) is 4.52. The van der Waals surface area contributed by atoms with Crippen molar-refractivity contribution < 1.29 is 40.6 Å². The normalized spacial score (nSPS) is 23.2. The first-order valence-electron chi connectivity index (χ1n) is 8.33. The van der Waals surface area contributed by atoms with E-state index in [1.165, 1.54) is 10.7 Å². The second-order valence-electron chi connectivity index (χ2n) is 6.66. The van der Waals surface area contributed by atoms with Crippen molar-refractivity contribution in [2.75, 3.05) is 13.1 Å². The Kier molecular flexibility index (Phi) is 5.32. The Bertz CT molecular complexity index is 897. The predicted octanol–water partition coefficient (Wildman–Crippen LogP) is 3.60. The molecule has 1 unspecified atom stereocenters. The van der Waals surface area contributed by atoms with Crippen LogP contribution in [-0.2, 0) is 11.0 Å². The number of aromatic nitrogens is 2. The second kappa shape index (κ2) is 7.32. The molecule has 0 bridgehead atoms. The van der Waals surface area contributed by atoms with Gasteiger partial charge in [-0.05, 0) is 49.2 Å². The molecule has 4 rings (SSSR count). The number of alkyl halides is 6. The first-order chi connectivity index (χ1) is 13.4. The zero-order valence-corrected chi connectivity index (χ0v) is 14.4. The first-order valence-corrected chi connectivity index (χ1v) is 8.33. The van der Waals surface area contributed by atoms with Gasteiger partial charge in [-0.1, -0.05) is 0 Å². The van der Waals surface area contributed by atoms with E-state index >= 15 is 0 Å². The maximum absolute atomic E-state index is 13.3. The molecule has 1 aromatic carbocycles. The molecule has 0 spiro atoms. The number of aliphatic carboxylic acids is 1. The number of rotatable bonds is 2. The first kappa shape index (κ1) is 21.1. The van der Waals surface area contributed by atoms with E-state index in [1.54, 1.807) is 6.20 Å². The van der Waals surface area contributed by atoms with Crippen molar-refractivity contribution in [2.45, 2.75) is 18.3 Å². The average molecular weight is 425 g/mol. The Morgan fingerprint density at radius 1 is 1.10 bits per heavy atom. The van der Waals surface area contributed by atoms with E-state index in [-0.39, 0.29) is 5.69 Å². The molecule has 29 heavy (non-hydrogen) atoms. The summed E-state index contributed by atoms with van der Waals surface area (Å²) in [5.74, 6) is -2.46. The summed E-state index contributed by atoms with van der Waals surface area (Å²) < 4.78 is 84.7. The van der Waals surface area contributed by atoms with Crippen molar-refractivity contribution >= 4 is 5.97 Å². The smallest absolute Gasteiger partial charge is 0.475 e. The standard InChI is InChI=1S/C15H13F4N3.C2HF3O2/c16-12-2-1-8(5-11(12)15(17,18)19)22-4-3-13(21-22)14-9-6-20-7-10(9)14;3-2(4,5)1(6)7/h1-5,9-10,14,20H,6-7H2;(H,6,7)/t9-,10+,14?;.